The lowest BCUT2D eigenvalue weighted by molar-refractivity contribution is 0.731. The highest BCUT2D eigenvalue weighted by atomic mass is 35.5. The van der Waals surface area contributed by atoms with E-state index in [1.807, 2.05) is 0 Å². The fraction of sp³-hybridized carbons (Fsp3) is 0.400. The first kappa shape index (κ1) is 10.4. The molecular weight excluding hydrogens is 180 g/mol. The average Bonchev–Trinajstić information content (AvgIpc) is 2.15. The molecule has 0 bridgehead atoms. The summed E-state index contributed by atoms with van der Waals surface area (Å²) in [5.74, 6) is 0.704. The first-order valence-corrected chi connectivity index (χ1v) is 7.63. The first-order chi connectivity index (χ1) is 5.88. The van der Waals surface area contributed by atoms with Gasteiger partial charge in [0.1, 0.15) is 0 Å². The Morgan fingerprint density at radius 3 is 2.50 bits per heavy atom. The molecule has 0 aliphatic carbocycles. The predicted molar refractivity (Wildman–Crippen MR) is 55.9 cm³/mol. The molecule has 0 aromatic heterocycles. The molecule has 0 amide bonds. The van der Waals surface area contributed by atoms with Crippen LogP contribution < -0.4 is 0 Å². The zero-order valence-electron chi connectivity index (χ0n) is 7.46. The van der Waals surface area contributed by atoms with E-state index in [4.69, 9.17) is 9.07 Å². The zero-order valence-corrected chi connectivity index (χ0v) is 9.63. The van der Waals surface area contributed by atoms with Crippen molar-refractivity contribution in [3.8, 4) is 0 Å². The largest absolute Gasteiger partial charge is 0.501 e. The minimum atomic E-state index is -0.316. The Balaban J connectivity index is 2.66. The van der Waals surface area contributed by atoms with Crippen molar-refractivity contribution in [1.29, 1.82) is 0 Å². The number of hydrogen-bond donors (Lipinski definition) is 0. The maximum absolute atomic E-state index is 5.86. The molecule has 0 heterocycles. The topological polar surface area (TPSA) is 0 Å². The maximum atomic E-state index is 5.86. The summed E-state index contributed by atoms with van der Waals surface area (Å²) in [6.45, 7) is 2.23. The van der Waals surface area contributed by atoms with Gasteiger partial charge in [0.25, 0.3) is 0 Å². The molecule has 0 fully saturated rings. The molecule has 0 saturated heterocycles. The smallest absolute Gasteiger partial charge is 0.346 e. The lowest BCUT2D eigenvalue weighted by atomic mass is 9.99. The molecule has 0 saturated carbocycles. The van der Waals surface area contributed by atoms with Crippen LogP contribution in [0.2, 0.25) is 4.55 Å². The van der Waals surface area contributed by atoms with Gasteiger partial charge in [0, 0.05) is 0 Å². The second kappa shape index (κ2) is 5.84. The lowest BCUT2D eigenvalue weighted by Crippen LogP contribution is -1.97. The molecule has 12 heavy (non-hydrogen) atoms. The van der Waals surface area contributed by atoms with Crippen molar-refractivity contribution >= 4 is 28.3 Å². The van der Waals surface area contributed by atoms with E-state index in [0.29, 0.717) is 5.92 Å². The third-order valence-corrected chi connectivity index (χ3v) is 3.79. The Labute approximate surface area is 87.8 Å². The number of benzene rings is 1. The standard InChI is InChI=1S/C10H13.ClH.Mg/c1-3-9(2)10-7-5-4-6-8-10;;/h4-9H,2-3H2,1H3;1H;/q;;+1/p-1. The van der Waals surface area contributed by atoms with Gasteiger partial charge in [0.15, 0.2) is 0 Å². The summed E-state index contributed by atoms with van der Waals surface area (Å²) in [5.41, 5.74) is 1.45. The third kappa shape index (κ3) is 2.96. The second-order valence-electron chi connectivity index (χ2n) is 2.99. The molecule has 0 spiro atoms. The van der Waals surface area contributed by atoms with Crippen molar-refractivity contribution in [2.75, 3.05) is 0 Å². The van der Waals surface area contributed by atoms with Crippen molar-refractivity contribution < 1.29 is 0 Å². The van der Waals surface area contributed by atoms with Crippen molar-refractivity contribution in [2.24, 2.45) is 0 Å². The third-order valence-electron chi connectivity index (χ3n) is 2.22. The number of hydrogen-bond acceptors (Lipinski definition) is 0. The molecule has 1 aromatic carbocycles. The van der Waals surface area contributed by atoms with Crippen LogP contribution in [0.1, 0.15) is 24.8 Å². The molecule has 1 atom stereocenters. The molecule has 0 aliphatic heterocycles. The van der Waals surface area contributed by atoms with Crippen LogP contribution in [0, 0.1) is 0 Å². The van der Waals surface area contributed by atoms with Gasteiger partial charge < -0.3 is 9.07 Å². The van der Waals surface area contributed by atoms with Crippen LogP contribution in [-0.4, -0.2) is 19.3 Å². The van der Waals surface area contributed by atoms with Crippen molar-refractivity contribution in [3.05, 3.63) is 35.9 Å². The van der Waals surface area contributed by atoms with Gasteiger partial charge in [-0.3, -0.25) is 0 Å². The van der Waals surface area contributed by atoms with Crippen molar-refractivity contribution in [3.63, 3.8) is 0 Å². The van der Waals surface area contributed by atoms with E-state index < -0.39 is 0 Å². The summed E-state index contributed by atoms with van der Waals surface area (Å²) in [6, 6.07) is 10.7. The van der Waals surface area contributed by atoms with Crippen LogP contribution in [0.5, 0.6) is 0 Å². The predicted octanol–water partition coefficient (Wildman–Crippen LogP) is 3.46. The number of rotatable bonds is 4. The molecule has 1 unspecified atom stereocenters. The molecule has 0 N–H and O–H groups in total. The van der Waals surface area contributed by atoms with Crippen LogP contribution in [-0.2, 0) is 0 Å². The van der Waals surface area contributed by atoms with Crippen LogP contribution >= 0.6 is 9.07 Å². The molecule has 0 nitrogen and oxygen atoms in total. The minimum Gasteiger partial charge on any atom is -0.346 e. The van der Waals surface area contributed by atoms with Crippen molar-refractivity contribution in [2.45, 2.75) is 23.8 Å². The van der Waals surface area contributed by atoms with E-state index in [9.17, 15) is 0 Å². The highest BCUT2D eigenvalue weighted by Crippen LogP contribution is 2.23. The van der Waals surface area contributed by atoms with E-state index in [-0.39, 0.29) is 19.3 Å². The van der Waals surface area contributed by atoms with E-state index in [1.165, 1.54) is 16.5 Å². The van der Waals surface area contributed by atoms with Gasteiger partial charge in [-0.05, 0) is 11.5 Å². The Kier molecular flexibility index (Phi) is 5.04. The second-order valence-corrected chi connectivity index (χ2v) is 5.08. The summed E-state index contributed by atoms with van der Waals surface area (Å²) >= 11 is -0.316. The lowest BCUT2D eigenvalue weighted by Gasteiger charge is -2.12. The fourth-order valence-electron chi connectivity index (χ4n) is 1.46. The van der Waals surface area contributed by atoms with E-state index in [1.54, 1.807) is 0 Å². The van der Waals surface area contributed by atoms with E-state index in [0.717, 1.165) is 0 Å². The minimum absolute atomic E-state index is 0.316. The normalized spacial score (nSPS) is 12.2. The first-order valence-electron chi connectivity index (χ1n) is 4.49. The molecule has 2 heteroatoms. The van der Waals surface area contributed by atoms with Gasteiger partial charge in [0.2, 0.25) is 0 Å². The van der Waals surface area contributed by atoms with Gasteiger partial charge in [-0.25, -0.2) is 0 Å². The van der Waals surface area contributed by atoms with E-state index in [2.05, 4.69) is 37.3 Å². The van der Waals surface area contributed by atoms with Gasteiger partial charge >= 0.3 is 19.3 Å². The summed E-state index contributed by atoms with van der Waals surface area (Å²) < 4.78 is 1.22. The van der Waals surface area contributed by atoms with Gasteiger partial charge in [-0.2, -0.15) is 0 Å². The summed E-state index contributed by atoms with van der Waals surface area (Å²) in [7, 11) is 5.86. The molecule has 1 rings (SSSR count). The van der Waals surface area contributed by atoms with E-state index >= 15 is 0 Å². The molecule has 0 aliphatic rings. The summed E-state index contributed by atoms with van der Waals surface area (Å²) in [4.78, 5) is 0. The monoisotopic (exact) mass is 192 g/mol. The zero-order chi connectivity index (χ0) is 8.81. The SMILES string of the molecule is CCC([CH2][Mg][Cl])c1ccccc1. The van der Waals surface area contributed by atoms with Gasteiger partial charge in [-0.1, -0.05) is 43.7 Å². The van der Waals surface area contributed by atoms with Crippen LogP contribution in [0.4, 0.5) is 0 Å². The average molecular weight is 193 g/mol. The van der Waals surface area contributed by atoms with Crippen LogP contribution in [0.3, 0.4) is 0 Å². The molecule has 62 valence electrons. The summed E-state index contributed by atoms with van der Waals surface area (Å²) in [5, 5.41) is 0. The highest BCUT2D eigenvalue weighted by molar-refractivity contribution is 6.93. The van der Waals surface area contributed by atoms with Crippen molar-refractivity contribution in [1.82, 2.24) is 0 Å². The molecule has 0 radical (unpaired) electrons. The summed E-state index contributed by atoms with van der Waals surface area (Å²) in [6.07, 6.45) is 1.21. The Morgan fingerprint density at radius 1 is 1.33 bits per heavy atom. The maximum Gasteiger partial charge on any atom is 0.501 e. The Bertz CT molecular complexity index is 210. The quantitative estimate of drug-likeness (QED) is 0.642. The Morgan fingerprint density at radius 2 is 2.00 bits per heavy atom. The highest BCUT2D eigenvalue weighted by Gasteiger charge is 2.08. The number of halogens is 1. The van der Waals surface area contributed by atoms with Gasteiger partial charge in [-0.15, -0.1) is 4.55 Å². The van der Waals surface area contributed by atoms with Crippen LogP contribution in [0.15, 0.2) is 30.3 Å². The Hall–Kier alpha value is 0.276. The van der Waals surface area contributed by atoms with Gasteiger partial charge in [0.05, 0.1) is 0 Å². The molecule has 1 aromatic rings. The molecular formula is C10H13ClMg. The van der Waals surface area contributed by atoms with Crippen LogP contribution in [0.25, 0.3) is 0 Å². The fourth-order valence-corrected chi connectivity index (χ4v) is 3.26.